The normalized spacial score (nSPS) is 10.5. The zero-order chi connectivity index (χ0) is 13.7. The van der Waals surface area contributed by atoms with Crippen molar-refractivity contribution in [1.29, 1.82) is 0 Å². The molecule has 0 saturated heterocycles. The summed E-state index contributed by atoms with van der Waals surface area (Å²) in [6, 6.07) is 10.0. The van der Waals surface area contributed by atoms with Crippen LogP contribution in [0.4, 0.5) is 17.5 Å². The van der Waals surface area contributed by atoms with E-state index in [-0.39, 0.29) is 0 Å². The number of rotatable bonds is 5. The van der Waals surface area contributed by atoms with Crippen LogP contribution in [0.15, 0.2) is 36.5 Å². The van der Waals surface area contributed by atoms with Crippen LogP contribution in [-0.2, 0) is 0 Å². The summed E-state index contributed by atoms with van der Waals surface area (Å²) in [5.74, 6) is 2.04. The van der Waals surface area contributed by atoms with E-state index in [4.69, 9.17) is 0 Å². The van der Waals surface area contributed by atoms with E-state index in [0.717, 1.165) is 18.1 Å². The highest BCUT2D eigenvalue weighted by Gasteiger charge is 2.01. The van der Waals surface area contributed by atoms with Gasteiger partial charge >= 0.3 is 0 Å². The van der Waals surface area contributed by atoms with Crippen LogP contribution in [0.5, 0.6) is 0 Å². The lowest BCUT2D eigenvalue weighted by atomic mass is 10.2. The highest BCUT2D eigenvalue weighted by atomic mass is 15.1. The molecule has 0 amide bonds. The predicted molar refractivity (Wildman–Crippen MR) is 79.8 cm³/mol. The molecule has 0 aliphatic carbocycles. The standard InChI is InChI=1S/C15H20N4/c1-11(2)10-17-14-7-8-16-15(19-14)18-13-6-4-5-12(3)9-13/h4-9,11H,10H2,1-3H3,(H2,16,17,18,19). The van der Waals surface area contributed by atoms with Gasteiger partial charge in [0.1, 0.15) is 5.82 Å². The number of nitrogens with one attached hydrogen (secondary N) is 2. The fraction of sp³-hybridized carbons (Fsp3) is 0.333. The lowest BCUT2D eigenvalue weighted by Crippen LogP contribution is -2.10. The first-order chi connectivity index (χ1) is 9.13. The van der Waals surface area contributed by atoms with Crippen LogP contribution < -0.4 is 10.6 Å². The summed E-state index contributed by atoms with van der Waals surface area (Å²) in [6.45, 7) is 7.30. The lowest BCUT2D eigenvalue weighted by molar-refractivity contribution is 0.687. The van der Waals surface area contributed by atoms with Crippen molar-refractivity contribution < 1.29 is 0 Å². The minimum Gasteiger partial charge on any atom is -0.370 e. The van der Waals surface area contributed by atoms with Crippen molar-refractivity contribution in [3.63, 3.8) is 0 Å². The van der Waals surface area contributed by atoms with Crippen LogP contribution in [-0.4, -0.2) is 16.5 Å². The molecule has 0 saturated carbocycles. The topological polar surface area (TPSA) is 49.8 Å². The Labute approximate surface area is 114 Å². The highest BCUT2D eigenvalue weighted by molar-refractivity contribution is 5.55. The summed E-state index contributed by atoms with van der Waals surface area (Å²) in [5, 5.41) is 6.50. The summed E-state index contributed by atoms with van der Waals surface area (Å²) in [7, 11) is 0. The Kier molecular flexibility index (Phi) is 4.34. The van der Waals surface area contributed by atoms with Crippen LogP contribution in [0.2, 0.25) is 0 Å². The van der Waals surface area contributed by atoms with Crippen LogP contribution in [0, 0.1) is 12.8 Å². The molecule has 0 aliphatic rings. The SMILES string of the molecule is Cc1cccc(Nc2nccc(NCC(C)C)n2)c1. The Morgan fingerprint density at radius 2 is 2.05 bits per heavy atom. The Balaban J connectivity index is 2.06. The van der Waals surface area contributed by atoms with Crippen LogP contribution in [0.25, 0.3) is 0 Å². The Hall–Kier alpha value is -2.10. The first-order valence-corrected chi connectivity index (χ1v) is 6.54. The molecule has 0 bridgehead atoms. The smallest absolute Gasteiger partial charge is 0.229 e. The van der Waals surface area contributed by atoms with Gasteiger partial charge in [0.15, 0.2) is 0 Å². The Morgan fingerprint density at radius 3 is 2.79 bits per heavy atom. The molecule has 100 valence electrons. The van der Waals surface area contributed by atoms with Crippen molar-refractivity contribution in [3.8, 4) is 0 Å². The molecule has 0 radical (unpaired) electrons. The Bertz CT molecular complexity index is 537. The third kappa shape index (κ3) is 4.25. The van der Waals surface area contributed by atoms with Gasteiger partial charge in [-0.05, 0) is 36.6 Å². The van der Waals surface area contributed by atoms with Gasteiger partial charge in [-0.3, -0.25) is 0 Å². The largest absolute Gasteiger partial charge is 0.370 e. The maximum absolute atomic E-state index is 4.44. The van der Waals surface area contributed by atoms with Gasteiger partial charge in [0.05, 0.1) is 0 Å². The van der Waals surface area contributed by atoms with Crippen LogP contribution >= 0.6 is 0 Å². The number of nitrogens with zero attached hydrogens (tertiary/aromatic N) is 2. The van der Waals surface area contributed by atoms with Gasteiger partial charge in [0.25, 0.3) is 0 Å². The van der Waals surface area contributed by atoms with Crippen molar-refractivity contribution in [1.82, 2.24) is 9.97 Å². The van der Waals surface area contributed by atoms with E-state index in [2.05, 4.69) is 53.5 Å². The number of aryl methyl sites for hydroxylation is 1. The summed E-state index contributed by atoms with van der Waals surface area (Å²) < 4.78 is 0. The number of anilines is 3. The second kappa shape index (κ2) is 6.18. The van der Waals surface area contributed by atoms with Crippen molar-refractivity contribution in [2.75, 3.05) is 17.2 Å². The predicted octanol–water partition coefficient (Wildman–Crippen LogP) is 3.60. The minimum absolute atomic E-state index is 0.586. The van der Waals surface area contributed by atoms with Crippen molar-refractivity contribution >= 4 is 17.5 Å². The zero-order valence-corrected chi connectivity index (χ0v) is 11.6. The average Bonchev–Trinajstić information content (AvgIpc) is 2.37. The van der Waals surface area contributed by atoms with Crippen LogP contribution in [0.3, 0.4) is 0 Å². The fourth-order valence-corrected chi connectivity index (χ4v) is 1.68. The van der Waals surface area contributed by atoms with Gasteiger partial charge in [0, 0.05) is 18.4 Å². The zero-order valence-electron chi connectivity index (χ0n) is 11.6. The molecule has 0 atom stereocenters. The van der Waals surface area contributed by atoms with E-state index in [1.165, 1.54) is 5.56 Å². The lowest BCUT2D eigenvalue weighted by Gasteiger charge is -2.10. The van der Waals surface area contributed by atoms with Gasteiger partial charge in [0.2, 0.25) is 5.95 Å². The molecule has 1 aromatic carbocycles. The highest BCUT2D eigenvalue weighted by Crippen LogP contribution is 2.15. The molecule has 4 nitrogen and oxygen atoms in total. The van der Waals surface area contributed by atoms with Gasteiger partial charge in [-0.1, -0.05) is 26.0 Å². The Morgan fingerprint density at radius 1 is 1.21 bits per heavy atom. The van der Waals surface area contributed by atoms with Gasteiger partial charge in [-0.25, -0.2) is 4.98 Å². The summed E-state index contributed by atoms with van der Waals surface area (Å²) in [4.78, 5) is 8.67. The molecular formula is C15H20N4. The molecule has 19 heavy (non-hydrogen) atoms. The average molecular weight is 256 g/mol. The van der Waals surface area contributed by atoms with E-state index in [1.807, 2.05) is 18.2 Å². The number of hydrogen-bond donors (Lipinski definition) is 2. The van der Waals surface area contributed by atoms with Gasteiger partial charge in [-0.2, -0.15) is 4.98 Å². The second-order valence-corrected chi connectivity index (χ2v) is 5.03. The monoisotopic (exact) mass is 256 g/mol. The summed E-state index contributed by atoms with van der Waals surface area (Å²) >= 11 is 0. The maximum Gasteiger partial charge on any atom is 0.229 e. The number of aromatic nitrogens is 2. The van der Waals surface area contributed by atoms with E-state index < -0.39 is 0 Å². The molecule has 4 heteroatoms. The fourth-order valence-electron chi connectivity index (χ4n) is 1.68. The third-order valence-corrected chi connectivity index (χ3v) is 2.62. The third-order valence-electron chi connectivity index (χ3n) is 2.62. The first-order valence-electron chi connectivity index (χ1n) is 6.54. The van der Waals surface area contributed by atoms with Crippen molar-refractivity contribution in [3.05, 3.63) is 42.1 Å². The molecule has 2 N–H and O–H groups in total. The number of hydrogen-bond acceptors (Lipinski definition) is 4. The molecule has 0 fully saturated rings. The van der Waals surface area contributed by atoms with E-state index in [0.29, 0.717) is 11.9 Å². The molecule has 0 spiro atoms. The molecular weight excluding hydrogens is 236 g/mol. The van der Waals surface area contributed by atoms with E-state index in [1.54, 1.807) is 6.20 Å². The molecule has 1 heterocycles. The molecule has 1 aromatic heterocycles. The van der Waals surface area contributed by atoms with E-state index in [9.17, 15) is 0 Å². The summed E-state index contributed by atoms with van der Waals surface area (Å²) in [6.07, 6.45) is 1.76. The molecule has 2 rings (SSSR count). The van der Waals surface area contributed by atoms with Gasteiger partial charge in [-0.15, -0.1) is 0 Å². The molecule has 0 unspecified atom stereocenters. The number of benzene rings is 1. The molecule has 0 aliphatic heterocycles. The van der Waals surface area contributed by atoms with Gasteiger partial charge < -0.3 is 10.6 Å². The molecule has 2 aromatic rings. The maximum atomic E-state index is 4.44. The minimum atomic E-state index is 0.586. The van der Waals surface area contributed by atoms with E-state index >= 15 is 0 Å². The summed E-state index contributed by atoms with van der Waals surface area (Å²) in [5.41, 5.74) is 2.21. The van der Waals surface area contributed by atoms with Crippen molar-refractivity contribution in [2.45, 2.75) is 20.8 Å². The first kappa shape index (κ1) is 13.3. The van der Waals surface area contributed by atoms with Crippen molar-refractivity contribution in [2.24, 2.45) is 5.92 Å². The van der Waals surface area contributed by atoms with Crippen LogP contribution in [0.1, 0.15) is 19.4 Å². The second-order valence-electron chi connectivity index (χ2n) is 5.03. The quantitative estimate of drug-likeness (QED) is 0.858.